The van der Waals surface area contributed by atoms with Crippen molar-refractivity contribution < 1.29 is 9.53 Å². The number of hydrogen-bond donors (Lipinski definition) is 1. The lowest BCUT2D eigenvalue weighted by Crippen LogP contribution is -2.20. The fraction of sp³-hybridized carbons (Fsp3) is 0.500. The Morgan fingerprint density at radius 1 is 1.91 bits per heavy atom. The van der Waals surface area contributed by atoms with E-state index in [1.807, 2.05) is 0 Å². The largest absolute Gasteiger partial charge is 0.362 e. The molecule has 5 heteroatoms. The summed E-state index contributed by atoms with van der Waals surface area (Å²) in [7, 11) is 1.27. The van der Waals surface area contributed by atoms with E-state index < -0.39 is 0 Å². The minimum atomic E-state index is -0.283. The summed E-state index contributed by atoms with van der Waals surface area (Å²) >= 11 is 0. The second kappa shape index (κ2) is 3.64. The molecule has 1 aliphatic heterocycles. The average Bonchev–Trinajstić information content (AvgIpc) is 2.26. The van der Waals surface area contributed by atoms with Crippen LogP contribution >= 0.6 is 10.5 Å². The van der Waals surface area contributed by atoms with Gasteiger partial charge in [-0.15, -0.1) is 10.5 Å². The van der Waals surface area contributed by atoms with Crippen molar-refractivity contribution in [1.29, 1.82) is 0 Å². The fourth-order valence-corrected chi connectivity index (χ4v) is 1.73. The summed E-state index contributed by atoms with van der Waals surface area (Å²) in [6.45, 7) is 0.286. The van der Waals surface area contributed by atoms with Gasteiger partial charge in [0.2, 0.25) is 5.91 Å². The minimum Gasteiger partial charge on any atom is -0.362 e. The second-order valence-corrected chi connectivity index (χ2v) is 3.73. The molecule has 1 aliphatic rings. The van der Waals surface area contributed by atoms with Gasteiger partial charge < -0.3 is 10.1 Å². The number of aliphatic imine (C=N–C) groups is 1. The molecule has 1 unspecified atom stereocenters. The van der Waals surface area contributed by atoms with Gasteiger partial charge >= 0.3 is 0 Å². The smallest absolute Gasteiger partial charge is 0.235 e. The maximum atomic E-state index is 10.8. The van der Waals surface area contributed by atoms with Crippen LogP contribution in [-0.4, -0.2) is 36.5 Å². The molecular weight excluding hydrogens is 164 g/mol. The quantitative estimate of drug-likeness (QED) is 0.588. The molecule has 1 fully saturated rings. The number of amidine groups is 1. The topological polar surface area (TPSA) is 50.7 Å². The summed E-state index contributed by atoms with van der Waals surface area (Å²) in [6.07, 6.45) is 0. The van der Waals surface area contributed by atoms with Gasteiger partial charge in [-0.2, -0.15) is 0 Å². The molecule has 1 heterocycles. The first kappa shape index (κ1) is 8.42. The number of ether oxygens (including phenoxy) is 1. The fourth-order valence-electron chi connectivity index (χ4n) is 0.708. The van der Waals surface area contributed by atoms with Crippen molar-refractivity contribution in [3.8, 4) is 0 Å². The van der Waals surface area contributed by atoms with Crippen molar-refractivity contribution >= 4 is 27.4 Å². The number of nitrogens with zero attached hydrogens (tertiary/aromatic N) is 1. The average molecular weight is 174 g/mol. The predicted octanol–water partition coefficient (Wildman–Crippen LogP) is -0.223. The zero-order valence-electron chi connectivity index (χ0n) is 6.29. The first-order chi connectivity index (χ1) is 5.24. The minimum absolute atomic E-state index is 0.00168. The summed E-state index contributed by atoms with van der Waals surface area (Å²) < 4.78 is 4.73. The Bertz CT molecular complexity index is 225. The molecule has 4 nitrogen and oxygen atoms in total. The monoisotopic (exact) mass is 174 g/mol. The lowest BCUT2D eigenvalue weighted by atomic mass is 10.7. The SMILES string of the molecule is C=S1CC(=O)NC1=NCOC. The first-order valence-corrected chi connectivity index (χ1v) is 4.64. The molecule has 1 amide bonds. The maximum Gasteiger partial charge on any atom is 0.235 e. The summed E-state index contributed by atoms with van der Waals surface area (Å²) in [5.41, 5.74) is 0. The van der Waals surface area contributed by atoms with E-state index in [-0.39, 0.29) is 23.1 Å². The Morgan fingerprint density at radius 2 is 2.64 bits per heavy atom. The molecule has 0 spiro atoms. The molecule has 1 rings (SSSR count). The Hall–Kier alpha value is -0.680. The zero-order chi connectivity index (χ0) is 8.27. The third-order valence-electron chi connectivity index (χ3n) is 1.16. The Morgan fingerprint density at radius 3 is 3.09 bits per heavy atom. The summed E-state index contributed by atoms with van der Waals surface area (Å²) in [4.78, 5) is 14.7. The molecule has 1 saturated heterocycles. The van der Waals surface area contributed by atoms with E-state index in [1.165, 1.54) is 0 Å². The Labute approximate surface area is 67.6 Å². The van der Waals surface area contributed by atoms with E-state index in [2.05, 4.69) is 16.2 Å². The first-order valence-electron chi connectivity index (χ1n) is 3.08. The van der Waals surface area contributed by atoms with Gasteiger partial charge in [0.15, 0.2) is 5.17 Å². The Balaban J connectivity index is 2.59. The van der Waals surface area contributed by atoms with Gasteiger partial charge in [-0.1, -0.05) is 5.87 Å². The van der Waals surface area contributed by atoms with Crippen molar-refractivity contribution in [1.82, 2.24) is 5.32 Å². The highest BCUT2D eigenvalue weighted by Gasteiger charge is 2.18. The third kappa shape index (κ3) is 2.13. The van der Waals surface area contributed by atoms with Crippen LogP contribution in [0.1, 0.15) is 0 Å². The lowest BCUT2D eigenvalue weighted by molar-refractivity contribution is -0.116. The van der Waals surface area contributed by atoms with E-state index in [9.17, 15) is 4.79 Å². The maximum absolute atomic E-state index is 10.8. The number of hydrogen-bond acceptors (Lipinski definition) is 3. The lowest BCUT2D eigenvalue weighted by Gasteiger charge is -1.96. The number of carbonyl (C=O) groups excluding carboxylic acids is 1. The molecule has 0 bridgehead atoms. The van der Waals surface area contributed by atoms with Crippen LogP contribution in [0.5, 0.6) is 0 Å². The van der Waals surface area contributed by atoms with Gasteiger partial charge in [0, 0.05) is 7.11 Å². The third-order valence-corrected chi connectivity index (χ3v) is 2.55. The van der Waals surface area contributed by atoms with Gasteiger partial charge in [0.05, 0.1) is 5.75 Å². The van der Waals surface area contributed by atoms with Gasteiger partial charge in [-0.05, 0) is 0 Å². The van der Waals surface area contributed by atoms with Crippen LogP contribution in [0.2, 0.25) is 0 Å². The summed E-state index contributed by atoms with van der Waals surface area (Å²) in [5, 5.41) is 3.28. The molecule has 62 valence electrons. The Kier molecular flexibility index (Phi) is 2.78. The van der Waals surface area contributed by atoms with Crippen LogP contribution in [0.3, 0.4) is 0 Å². The van der Waals surface area contributed by atoms with E-state index in [4.69, 9.17) is 4.74 Å². The number of methoxy groups -OCH3 is 1. The van der Waals surface area contributed by atoms with Gasteiger partial charge in [-0.3, -0.25) is 4.79 Å². The molecule has 11 heavy (non-hydrogen) atoms. The molecule has 0 aromatic heterocycles. The van der Waals surface area contributed by atoms with Crippen LogP contribution in [0, 0.1) is 0 Å². The normalized spacial score (nSPS) is 27.5. The van der Waals surface area contributed by atoms with Gasteiger partial charge in [-0.25, -0.2) is 4.99 Å². The number of carbonyl (C=O) groups is 1. The van der Waals surface area contributed by atoms with Crippen molar-refractivity contribution in [2.24, 2.45) is 4.99 Å². The van der Waals surface area contributed by atoms with Crippen molar-refractivity contribution in [3.05, 3.63) is 0 Å². The molecule has 0 aliphatic carbocycles. The van der Waals surface area contributed by atoms with Gasteiger partial charge in [0.25, 0.3) is 0 Å². The van der Waals surface area contributed by atoms with Crippen molar-refractivity contribution in [2.75, 3.05) is 19.6 Å². The van der Waals surface area contributed by atoms with Crippen molar-refractivity contribution in [3.63, 3.8) is 0 Å². The zero-order valence-corrected chi connectivity index (χ0v) is 7.11. The molecular formula is C6H10N2O2S. The van der Waals surface area contributed by atoms with E-state index >= 15 is 0 Å². The molecule has 0 aromatic carbocycles. The highest BCUT2D eigenvalue weighted by molar-refractivity contribution is 8.28. The van der Waals surface area contributed by atoms with E-state index in [0.717, 1.165) is 0 Å². The van der Waals surface area contributed by atoms with Crippen LogP contribution < -0.4 is 5.32 Å². The molecule has 0 aromatic rings. The number of nitrogens with one attached hydrogen (secondary N) is 1. The van der Waals surface area contributed by atoms with Crippen LogP contribution in [-0.2, 0) is 9.53 Å². The predicted molar refractivity (Wildman–Crippen MR) is 47.0 cm³/mol. The molecule has 0 saturated carbocycles. The highest BCUT2D eigenvalue weighted by Crippen LogP contribution is 2.15. The molecule has 0 radical (unpaired) electrons. The number of amides is 1. The number of rotatable bonds is 2. The van der Waals surface area contributed by atoms with Crippen LogP contribution in [0.25, 0.3) is 0 Å². The van der Waals surface area contributed by atoms with E-state index in [0.29, 0.717) is 10.9 Å². The highest BCUT2D eigenvalue weighted by atomic mass is 32.2. The second-order valence-electron chi connectivity index (χ2n) is 2.07. The van der Waals surface area contributed by atoms with Crippen LogP contribution in [0.15, 0.2) is 4.99 Å². The van der Waals surface area contributed by atoms with E-state index in [1.54, 1.807) is 7.11 Å². The molecule has 1 atom stereocenters. The summed E-state index contributed by atoms with van der Waals surface area (Å²) in [5.74, 6) is 4.24. The van der Waals surface area contributed by atoms with Crippen LogP contribution in [0.4, 0.5) is 0 Å². The standard InChI is InChI=1S/C6H10N2O2S/c1-10-4-7-6-8-5(9)3-11(6)2/h2-4H2,1H3,(H,7,8,9). The molecule has 1 N–H and O–H groups in total. The summed E-state index contributed by atoms with van der Waals surface area (Å²) in [6, 6.07) is 0. The van der Waals surface area contributed by atoms with Gasteiger partial charge in [0.1, 0.15) is 6.73 Å². The van der Waals surface area contributed by atoms with Crippen molar-refractivity contribution in [2.45, 2.75) is 0 Å².